The molecule has 0 spiro atoms. The molecule has 0 saturated heterocycles. The number of carbonyl (C=O) groups excluding carboxylic acids is 3. The lowest BCUT2D eigenvalue weighted by Gasteiger charge is -2.29. The normalized spacial score (nSPS) is 15.4. The largest absolute Gasteiger partial charge is 0.497 e. The van der Waals surface area contributed by atoms with E-state index in [-0.39, 0.29) is 24.3 Å². The number of nitrogens with zero attached hydrogens (tertiary/aromatic N) is 1. The van der Waals surface area contributed by atoms with Gasteiger partial charge in [-0.2, -0.15) is 0 Å². The fourth-order valence-electron chi connectivity index (χ4n) is 5.63. The Balaban J connectivity index is 1.52. The minimum atomic E-state index is -0.739. The van der Waals surface area contributed by atoms with Crippen LogP contribution in [0.5, 0.6) is 5.75 Å². The van der Waals surface area contributed by atoms with Crippen LogP contribution < -0.4 is 26.0 Å². The third kappa shape index (κ3) is 9.55. The lowest BCUT2D eigenvalue weighted by atomic mass is 9.98. The van der Waals surface area contributed by atoms with E-state index in [9.17, 15) is 19.5 Å². The molecule has 10 heteroatoms. The van der Waals surface area contributed by atoms with Crippen molar-refractivity contribution in [2.45, 2.75) is 77.9 Å². The van der Waals surface area contributed by atoms with Gasteiger partial charge in [0.1, 0.15) is 11.8 Å². The van der Waals surface area contributed by atoms with E-state index in [1.807, 2.05) is 87.5 Å². The summed E-state index contributed by atoms with van der Waals surface area (Å²) in [7, 11) is 1.61. The van der Waals surface area contributed by atoms with Crippen molar-refractivity contribution in [2.24, 2.45) is 0 Å². The van der Waals surface area contributed by atoms with Gasteiger partial charge in [-0.1, -0.05) is 54.6 Å². The molecule has 1 heterocycles. The lowest BCUT2D eigenvalue weighted by molar-refractivity contribution is -0.137. The quantitative estimate of drug-likeness (QED) is 0.195. The Kier molecular flexibility index (Phi) is 11.8. The van der Waals surface area contributed by atoms with E-state index < -0.39 is 17.7 Å². The maximum absolute atomic E-state index is 14.0. The van der Waals surface area contributed by atoms with Crippen LogP contribution in [0.15, 0.2) is 66.7 Å². The maximum atomic E-state index is 14.0. The van der Waals surface area contributed by atoms with Gasteiger partial charge < -0.3 is 36.0 Å². The number of hydrogen-bond donors (Lipinski definition) is 5. The third-order valence-corrected chi connectivity index (χ3v) is 8.05. The predicted octanol–water partition coefficient (Wildman–Crippen LogP) is 3.89. The highest BCUT2D eigenvalue weighted by Crippen LogP contribution is 2.28. The average molecular weight is 630 g/mol. The molecule has 0 radical (unpaired) electrons. The minimum Gasteiger partial charge on any atom is -0.497 e. The van der Waals surface area contributed by atoms with E-state index >= 15 is 0 Å². The summed E-state index contributed by atoms with van der Waals surface area (Å²) in [4.78, 5) is 40.9. The molecule has 0 fully saturated rings. The summed E-state index contributed by atoms with van der Waals surface area (Å²) in [6, 6.07) is 20.9. The van der Waals surface area contributed by atoms with Gasteiger partial charge in [-0.3, -0.25) is 9.59 Å². The number of aliphatic hydroxyl groups excluding tert-OH is 1. The van der Waals surface area contributed by atoms with Crippen LogP contribution in [0.2, 0.25) is 0 Å². The van der Waals surface area contributed by atoms with Gasteiger partial charge in [0.15, 0.2) is 0 Å². The molecule has 0 aliphatic carbocycles. The van der Waals surface area contributed by atoms with Gasteiger partial charge in [-0.15, -0.1) is 0 Å². The van der Waals surface area contributed by atoms with E-state index in [1.54, 1.807) is 18.9 Å². The second kappa shape index (κ2) is 15.7. The molecule has 46 heavy (non-hydrogen) atoms. The summed E-state index contributed by atoms with van der Waals surface area (Å²) in [5.41, 5.74) is 5.39. The van der Waals surface area contributed by atoms with E-state index in [1.165, 1.54) is 0 Å². The molecule has 246 valence electrons. The Hall–Kier alpha value is -4.41. The standard InChI is InChI=1S/C36H47N5O5/c1-6-37-35(45)38-21-27-9-7-8-10-31(27)26-13-11-25(12-14-26)22-41-23-28-15-16-30(46-5)17-29(28)18-32(34(41)44)40-33(43)19-36(3,4)39-20-24(2)42/h7-17,24,32,39,42H,6,18-23H2,1-5H3,(H,40,43)(H2,37,38,45)/t24-,32-/m1/s1. The van der Waals surface area contributed by atoms with Crippen LogP contribution in [-0.2, 0) is 35.6 Å². The Labute approximate surface area is 271 Å². The van der Waals surface area contributed by atoms with Crippen molar-refractivity contribution >= 4 is 17.8 Å². The predicted molar refractivity (Wildman–Crippen MR) is 179 cm³/mol. The van der Waals surface area contributed by atoms with Crippen LogP contribution in [-0.4, -0.2) is 65.7 Å². The zero-order valence-electron chi connectivity index (χ0n) is 27.5. The summed E-state index contributed by atoms with van der Waals surface area (Å²) >= 11 is 0. The molecule has 1 aliphatic rings. The molecule has 0 bridgehead atoms. The number of methoxy groups -OCH3 is 1. The van der Waals surface area contributed by atoms with Crippen LogP contribution in [0, 0.1) is 0 Å². The molecule has 0 saturated carbocycles. The first-order chi connectivity index (χ1) is 22.0. The molecular weight excluding hydrogens is 582 g/mol. The van der Waals surface area contributed by atoms with Crippen molar-refractivity contribution in [1.29, 1.82) is 0 Å². The Bertz CT molecular complexity index is 1500. The van der Waals surface area contributed by atoms with Gasteiger partial charge in [-0.05, 0) is 73.2 Å². The monoisotopic (exact) mass is 629 g/mol. The first kappa shape index (κ1) is 34.5. The van der Waals surface area contributed by atoms with Crippen LogP contribution in [0.1, 0.15) is 56.4 Å². The molecule has 2 atom stereocenters. The van der Waals surface area contributed by atoms with Crippen LogP contribution in [0.4, 0.5) is 4.79 Å². The van der Waals surface area contributed by atoms with Crippen molar-refractivity contribution in [2.75, 3.05) is 20.2 Å². The number of rotatable bonds is 13. The number of amides is 4. The molecule has 5 N–H and O–H groups in total. The number of benzene rings is 3. The van der Waals surface area contributed by atoms with Gasteiger partial charge in [0.2, 0.25) is 11.8 Å². The summed E-state index contributed by atoms with van der Waals surface area (Å²) in [5, 5.41) is 21.5. The molecule has 3 aromatic rings. The van der Waals surface area contributed by atoms with E-state index in [2.05, 4.69) is 21.3 Å². The number of fused-ring (bicyclic) bond motifs is 1. The second-order valence-electron chi connectivity index (χ2n) is 12.5. The summed E-state index contributed by atoms with van der Waals surface area (Å²) < 4.78 is 5.45. The van der Waals surface area contributed by atoms with Crippen molar-refractivity contribution in [3.8, 4) is 16.9 Å². The SMILES string of the molecule is CCNC(=O)NCc1ccccc1-c1ccc(CN2Cc3ccc(OC)cc3C[C@@H](NC(=O)CC(C)(C)NC[C@@H](C)O)C2=O)cc1. The van der Waals surface area contributed by atoms with Gasteiger partial charge in [0, 0.05) is 51.1 Å². The van der Waals surface area contributed by atoms with Gasteiger partial charge in [-0.25, -0.2) is 4.79 Å². The summed E-state index contributed by atoms with van der Waals surface area (Å²) in [6.45, 7) is 9.47. The van der Waals surface area contributed by atoms with E-state index in [4.69, 9.17) is 4.74 Å². The minimum absolute atomic E-state index is 0.149. The number of ether oxygens (including phenoxy) is 1. The molecule has 4 amide bonds. The molecule has 10 nitrogen and oxygen atoms in total. The molecule has 3 aromatic carbocycles. The summed E-state index contributed by atoms with van der Waals surface area (Å²) in [5.74, 6) is 0.312. The second-order valence-corrected chi connectivity index (χ2v) is 12.5. The topological polar surface area (TPSA) is 132 Å². The number of hydrogen-bond acceptors (Lipinski definition) is 6. The number of urea groups is 1. The smallest absolute Gasteiger partial charge is 0.315 e. The first-order valence-electron chi connectivity index (χ1n) is 15.8. The van der Waals surface area contributed by atoms with Gasteiger partial charge in [0.05, 0.1) is 13.2 Å². The zero-order chi connectivity index (χ0) is 33.3. The number of β-amino-alcohol motifs (C(OH)–C–C–N with tert-alkyl or cyclic N) is 1. The average Bonchev–Trinajstić information content (AvgIpc) is 3.14. The zero-order valence-corrected chi connectivity index (χ0v) is 27.5. The maximum Gasteiger partial charge on any atom is 0.315 e. The van der Waals surface area contributed by atoms with Crippen LogP contribution in [0.25, 0.3) is 11.1 Å². The third-order valence-electron chi connectivity index (χ3n) is 8.05. The van der Waals surface area contributed by atoms with E-state index in [0.717, 1.165) is 33.4 Å². The van der Waals surface area contributed by atoms with Gasteiger partial charge >= 0.3 is 6.03 Å². The fraction of sp³-hybridized carbons (Fsp3) is 0.417. The van der Waals surface area contributed by atoms with Crippen molar-refractivity contribution in [3.05, 3.63) is 89.0 Å². The molecule has 1 aliphatic heterocycles. The Morgan fingerprint density at radius 3 is 2.48 bits per heavy atom. The molecule has 0 unspecified atom stereocenters. The van der Waals surface area contributed by atoms with Crippen molar-refractivity contribution in [3.63, 3.8) is 0 Å². The Morgan fingerprint density at radius 2 is 1.78 bits per heavy atom. The molecule has 0 aromatic heterocycles. The van der Waals surface area contributed by atoms with Crippen LogP contribution >= 0.6 is 0 Å². The first-order valence-corrected chi connectivity index (χ1v) is 15.8. The number of aliphatic hydroxyl groups is 1. The van der Waals surface area contributed by atoms with Crippen LogP contribution in [0.3, 0.4) is 0 Å². The van der Waals surface area contributed by atoms with Crippen molar-refractivity contribution < 1.29 is 24.2 Å². The number of carbonyl (C=O) groups is 3. The Morgan fingerprint density at radius 1 is 1.04 bits per heavy atom. The highest BCUT2D eigenvalue weighted by Gasteiger charge is 2.32. The fourth-order valence-corrected chi connectivity index (χ4v) is 5.63. The van der Waals surface area contributed by atoms with Crippen molar-refractivity contribution in [1.82, 2.24) is 26.2 Å². The summed E-state index contributed by atoms with van der Waals surface area (Å²) in [6.07, 6.45) is -0.0313. The van der Waals surface area contributed by atoms with E-state index in [0.29, 0.717) is 44.9 Å². The molecule has 4 rings (SSSR count). The number of nitrogens with one attached hydrogen (secondary N) is 4. The molecular formula is C36H47N5O5. The van der Waals surface area contributed by atoms with Gasteiger partial charge in [0.25, 0.3) is 0 Å². The lowest BCUT2D eigenvalue weighted by Crippen LogP contribution is -2.51. The highest BCUT2D eigenvalue weighted by atomic mass is 16.5. The highest BCUT2D eigenvalue weighted by molar-refractivity contribution is 5.89.